The third kappa shape index (κ3) is 1.45. The number of para-hydroxylation sites is 2. The van der Waals surface area contributed by atoms with Crippen LogP contribution in [0.5, 0.6) is 0 Å². The standard InChI is InChI=1S/C16H13N3/c1-9-7-11-14(8-10(9)2)19-16-15(11)17-12-5-3-4-6-13(12)18-16/h3-8H,1-2H3,(H,18,19). The summed E-state index contributed by atoms with van der Waals surface area (Å²) < 4.78 is 0. The van der Waals surface area contributed by atoms with Crippen molar-refractivity contribution in [3.05, 3.63) is 47.5 Å². The Morgan fingerprint density at radius 2 is 1.58 bits per heavy atom. The van der Waals surface area contributed by atoms with Crippen LogP contribution in [0.3, 0.4) is 0 Å². The number of fused-ring (bicyclic) bond motifs is 4. The molecule has 0 spiro atoms. The first kappa shape index (κ1) is 10.5. The number of aromatic amines is 1. The Labute approximate surface area is 110 Å². The van der Waals surface area contributed by atoms with Gasteiger partial charge in [0.15, 0.2) is 5.65 Å². The highest BCUT2D eigenvalue weighted by molar-refractivity contribution is 6.06. The zero-order valence-corrected chi connectivity index (χ0v) is 10.9. The van der Waals surface area contributed by atoms with Crippen LogP contribution >= 0.6 is 0 Å². The van der Waals surface area contributed by atoms with Crippen molar-refractivity contribution in [2.24, 2.45) is 0 Å². The lowest BCUT2D eigenvalue weighted by atomic mass is 10.1. The average molecular weight is 247 g/mol. The second-order valence-corrected chi connectivity index (χ2v) is 5.02. The molecule has 19 heavy (non-hydrogen) atoms. The van der Waals surface area contributed by atoms with Crippen molar-refractivity contribution in [2.75, 3.05) is 0 Å². The lowest BCUT2D eigenvalue weighted by Gasteiger charge is -1.99. The van der Waals surface area contributed by atoms with Gasteiger partial charge in [-0.1, -0.05) is 12.1 Å². The highest BCUT2D eigenvalue weighted by Crippen LogP contribution is 2.26. The van der Waals surface area contributed by atoms with E-state index in [-0.39, 0.29) is 0 Å². The number of aromatic nitrogens is 3. The summed E-state index contributed by atoms with van der Waals surface area (Å²) in [6.07, 6.45) is 0. The van der Waals surface area contributed by atoms with Crippen LogP contribution in [0.25, 0.3) is 33.1 Å². The number of benzene rings is 2. The van der Waals surface area contributed by atoms with E-state index in [1.54, 1.807) is 0 Å². The molecule has 2 aromatic carbocycles. The molecule has 4 aromatic rings. The number of H-pyrrole nitrogens is 1. The molecular formula is C16H13N3. The van der Waals surface area contributed by atoms with E-state index < -0.39 is 0 Å². The Morgan fingerprint density at radius 3 is 2.37 bits per heavy atom. The smallest absolute Gasteiger partial charge is 0.157 e. The second kappa shape index (κ2) is 3.54. The molecule has 1 N–H and O–H groups in total. The number of aryl methyl sites for hydroxylation is 2. The molecule has 2 heterocycles. The van der Waals surface area contributed by atoms with E-state index in [1.165, 1.54) is 11.1 Å². The van der Waals surface area contributed by atoms with Crippen LogP contribution in [0.15, 0.2) is 36.4 Å². The Bertz CT molecular complexity index is 935. The third-order valence-electron chi connectivity index (χ3n) is 3.71. The highest BCUT2D eigenvalue weighted by Gasteiger charge is 2.09. The van der Waals surface area contributed by atoms with Crippen molar-refractivity contribution < 1.29 is 0 Å². The van der Waals surface area contributed by atoms with E-state index in [4.69, 9.17) is 4.98 Å². The number of rotatable bonds is 0. The van der Waals surface area contributed by atoms with Gasteiger partial charge in [0.1, 0.15) is 5.52 Å². The molecule has 0 saturated heterocycles. The van der Waals surface area contributed by atoms with E-state index in [9.17, 15) is 0 Å². The minimum atomic E-state index is 0.860. The van der Waals surface area contributed by atoms with Gasteiger partial charge in [0, 0.05) is 10.9 Å². The molecular weight excluding hydrogens is 234 g/mol. The van der Waals surface area contributed by atoms with E-state index in [1.807, 2.05) is 24.3 Å². The maximum atomic E-state index is 4.74. The van der Waals surface area contributed by atoms with Crippen LogP contribution in [0.4, 0.5) is 0 Å². The van der Waals surface area contributed by atoms with Gasteiger partial charge in [-0.2, -0.15) is 0 Å². The predicted molar refractivity (Wildman–Crippen MR) is 78.4 cm³/mol. The summed E-state index contributed by atoms with van der Waals surface area (Å²) in [7, 11) is 0. The third-order valence-corrected chi connectivity index (χ3v) is 3.71. The molecule has 0 unspecified atom stereocenters. The zero-order valence-electron chi connectivity index (χ0n) is 10.9. The van der Waals surface area contributed by atoms with Crippen LogP contribution in [-0.2, 0) is 0 Å². The van der Waals surface area contributed by atoms with Gasteiger partial charge >= 0.3 is 0 Å². The molecule has 4 rings (SSSR count). The minimum absolute atomic E-state index is 0.860. The second-order valence-electron chi connectivity index (χ2n) is 5.02. The zero-order chi connectivity index (χ0) is 13.0. The Kier molecular flexibility index (Phi) is 1.96. The van der Waals surface area contributed by atoms with E-state index in [2.05, 4.69) is 35.9 Å². The molecule has 3 nitrogen and oxygen atoms in total. The summed E-state index contributed by atoms with van der Waals surface area (Å²) in [5, 5.41) is 1.15. The molecule has 0 saturated carbocycles. The fourth-order valence-electron chi connectivity index (χ4n) is 2.52. The molecule has 2 aromatic heterocycles. The topological polar surface area (TPSA) is 41.6 Å². The first-order chi connectivity index (χ1) is 9.22. The first-order valence-electron chi connectivity index (χ1n) is 6.38. The Hall–Kier alpha value is -2.42. The summed E-state index contributed by atoms with van der Waals surface area (Å²) in [6.45, 7) is 4.25. The molecule has 0 bridgehead atoms. The van der Waals surface area contributed by atoms with Gasteiger partial charge in [0.05, 0.1) is 11.0 Å². The molecule has 0 aliphatic rings. The van der Waals surface area contributed by atoms with Crippen molar-refractivity contribution in [3.8, 4) is 0 Å². The fraction of sp³-hybridized carbons (Fsp3) is 0.125. The molecule has 0 aliphatic carbocycles. The van der Waals surface area contributed by atoms with Crippen LogP contribution in [0, 0.1) is 13.8 Å². The molecule has 0 aliphatic heterocycles. The van der Waals surface area contributed by atoms with Crippen molar-refractivity contribution in [2.45, 2.75) is 13.8 Å². The summed E-state index contributed by atoms with van der Waals surface area (Å²) in [5.74, 6) is 0. The highest BCUT2D eigenvalue weighted by atomic mass is 14.9. The average Bonchev–Trinajstić information content (AvgIpc) is 2.74. The van der Waals surface area contributed by atoms with Crippen LogP contribution in [0.1, 0.15) is 11.1 Å². The maximum Gasteiger partial charge on any atom is 0.157 e. The summed E-state index contributed by atoms with van der Waals surface area (Å²) >= 11 is 0. The summed E-state index contributed by atoms with van der Waals surface area (Å²) in [6, 6.07) is 12.3. The summed E-state index contributed by atoms with van der Waals surface area (Å²) in [4.78, 5) is 12.8. The minimum Gasteiger partial charge on any atom is -0.338 e. The molecule has 0 radical (unpaired) electrons. The summed E-state index contributed by atoms with van der Waals surface area (Å²) in [5.41, 5.74) is 7.35. The Balaban J connectivity index is 2.22. The lowest BCUT2D eigenvalue weighted by Crippen LogP contribution is -1.84. The van der Waals surface area contributed by atoms with Crippen molar-refractivity contribution in [1.29, 1.82) is 0 Å². The normalized spacial score (nSPS) is 11.7. The van der Waals surface area contributed by atoms with Gasteiger partial charge in [0.2, 0.25) is 0 Å². The van der Waals surface area contributed by atoms with Crippen molar-refractivity contribution in [1.82, 2.24) is 15.0 Å². The van der Waals surface area contributed by atoms with Gasteiger partial charge < -0.3 is 4.98 Å². The van der Waals surface area contributed by atoms with Crippen molar-refractivity contribution in [3.63, 3.8) is 0 Å². The molecule has 0 amide bonds. The van der Waals surface area contributed by atoms with Crippen molar-refractivity contribution >= 4 is 33.1 Å². The van der Waals surface area contributed by atoms with Crippen LogP contribution < -0.4 is 0 Å². The van der Waals surface area contributed by atoms with Gasteiger partial charge in [-0.3, -0.25) is 0 Å². The largest absolute Gasteiger partial charge is 0.338 e. The number of hydrogen-bond donors (Lipinski definition) is 1. The lowest BCUT2D eigenvalue weighted by molar-refractivity contribution is 1.34. The van der Waals surface area contributed by atoms with Gasteiger partial charge in [-0.25, -0.2) is 9.97 Å². The Morgan fingerprint density at radius 1 is 0.895 bits per heavy atom. The number of nitrogens with zero attached hydrogens (tertiary/aromatic N) is 2. The maximum absolute atomic E-state index is 4.74. The SMILES string of the molecule is Cc1cc2[nH]c3nc4ccccc4nc3c2cc1C. The van der Waals surface area contributed by atoms with Gasteiger partial charge in [-0.05, 0) is 49.2 Å². The van der Waals surface area contributed by atoms with E-state index in [0.717, 1.165) is 33.1 Å². The fourth-order valence-corrected chi connectivity index (χ4v) is 2.52. The predicted octanol–water partition coefficient (Wildman–Crippen LogP) is 3.88. The molecule has 0 atom stereocenters. The monoisotopic (exact) mass is 247 g/mol. The van der Waals surface area contributed by atoms with Crippen LogP contribution in [0.2, 0.25) is 0 Å². The van der Waals surface area contributed by atoms with Gasteiger partial charge in [-0.15, -0.1) is 0 Å². The number of nitrogens with one attached hydrogen (secondary N) is 1. The van der Waals surface area contributed by atoms with Gasteiger partial charge in [0.25, 0.3) is 0 Å². The quantitative estimate of drug-likeness (QED) is 0.512. The molecule has 0 fully saturated rings. The first-order valence-corrected chi connectivity index (χ1v) is 6.38. The molecule has 3 heteroatoms. The molecule has 92 valence electrons. The van der Waals surface area contributed by atoms with E-state index in [0.29, 0.717) is 0 Å². The van der Waals surface area contributed by atoms with Crippen LogP contribution in [-0.4, -0.2) is 15.0 Å². The van der Waals surface area contributed by atoms with E-state index >= 15 is 0 Å². The number of hydrogen-bond acceptors (Lipinski definition) is 2.